The van der Waals surface area contributed by atoms with Crippen LogP contribution < -0.4 is 16.6 Å². The van der Waals surface area contributed by atoms with Gasteiger partial charge in [-0.1, -0.05) is 13.2 Å². The molecule has 30 heavy (non-hydrogen) atoms. The van der Waals surface area contributed by atoms with Crippen LogP contribution in [0.3, 0.4) is 0 Å². The van der Waals surface area contributed by atoms with E-state index in [0.717, 1.165) is 61.7 Å². The summed E-state index contributed by atoms with van der Waals surface area (Å²) in [4.78, 5) is 9.09. The van der Waals surface area contributed by atoms with Crippen LogP contribution >= 0.6 is 0 Å². The number of nitrogens with two attached hydrogens (primary N) is 1. The van der Waals surface area contributed by atoms with E-state index >= 15 is 0 Å². The molecule has 0 aromatic rings. The van der Waals surface area contributed by atoms with Gasteiger partial charge in [-0.3, -0.25) is 0 Å². The van der Waals surface area contributed by atoms with Gasteiger partial charge in [0.1, 0.15) is 11.4 Å². The van der Waals surface area contributed by atoms with Crippen molar-refractivity contribution in [2.75, 3.05) is 26.7 Å². The van der Waals surface area contributed by atoms with E-state index in [9.17, 15) is 0 Å². The molecule has 1 aliphatic carbocycles. The normalized spacial score (nSPS) is 29.9. The van der Waals surface area contributed by atoms with Crippen molar-refractivity contribution in [3.05, 3.63) is 48.2 Å². The number of nitrogens with one attached hydrogen (secondary N) is 2. The molecule has 0 unspecified atom stereocenters. The SMILES string of the molecule is C=C1NN[C@@H](C(=C)/C=C(\N=C/N)N2CCN(C)[C@H](C)C2)[C@H]1C/C(=C\C)OC1(C)CC1. The van der Waals surface area contributed by atoms with Gasteiger partial charge in [-0.15, -0.1) is 0 Å². The lowest BCUT2D eigenvalue weighted by molar-refractivity contribution is 0.0984. The lowest BCUT2D eigenvalue weighted by Crippen LogP contribution is -2.49. The molecule has 3 rings (SSSR count). The van der Waals surface area contributed by atoms with Gasteiger partial charge in [0, 0.05) is 43.7 Å². The minimum absolute atomic E-state index is 0.0101. The molecule has 3 fully saturated rings. The van der Waals surface area contributed by atoms with Crippen LogP contribution in [-0.2, 0) is 4.74 Å². The maximum atomic E-state index is 6.24. The van der Waals surface area contributed by atoms with Crippen molar-refractivity contribution in [3.8, 4) is 0 Å². The van der Waals surface area contributed by atoms with Gasteiger partial charge in [-0.25, -0.2) is 10.4 Å². The Labute approximate surface area is 181 Å². The molecule has 3 atom stereocenters. The molecule has 0 bridgehead atoms. The summed E-state index contributed by atoms with van der Waals surface area (Å²) in [5, 5.41) is 0. The second kappa shape index (κ2) is 9.27. The van der Waals surface area contributed by atoms with Gasteiger partial charge in [0.15, 0.2) is 0 Å². The lowest BCUT2D eigenvalue weighted by Gasteiger charge is -2.39. The Morgan fingerprint density at radius 1 is 1.40 bits per heavy atom. The molecule has 0 aromatic heterocycles. The summed E-state index contributed by atoms with van der Waals surface area (Å²) in [6.45, 7) is 17.8. The van der Waals surface area contributed by atoms with Crippen LogP contribution in [0.2, 0.25) is 0 Å². The first-order chi connectivity index (χ1) is 14.3. The Kier molecular flexibility index (Phi) is 6.93. The monoisotopic (exact) mass is 414 g/mol. The molecule has 0 aromatic carbocycles. The molecule has 2 aliphatic heterocycles. The van der Waals surface area contributed by atoms with Crippen molar-refractivity contribution in [1.29, 1.82) is 0 Å². The third kappa shape index (κ3) is 5.26. The number of aliphatic imine (C=N–C) groups is 1. The first-order valence-electron chi connectivity index (χ1n) is 10.9. The van der Waals surface area contributed by atoms with E-state index in [1.165, 1.54) is 6.34 Å². The average molecular weight is 415 g/mol. The van der Waals surface area contributed by atoms with Crippen molar-refractivity contribution in [2.45, 2.75) is 57.7 Å². The molecule has 7 nitrogen and oxygen atoms in total. The van der Waals surface area contributed by atoms with Crippen molar-refractivity contribution < 1.29 is 4.74 Å². The zero-order valence-electron chi connectivity index (χ0n) is 18.9. The van der Waals surface area contributed by atoms with Crippen LogP contribution in [0.1, 0.15) is 40.0 Å². The number of likely N-dealkylation sites (N-methyl/N-ethyl adjacent to an activating group) is 1. The number of piperazine rings is 1. The number of hydrogen-bond donors (Lipinski definition) is 3. The maximum absolute atomic E-state index is 6.24. The Hall–Kier alpha value is -2.25. The van der Waals surface area contributed by atoms with E-state index in [1.807, 2.05) is 13.0 Å². The number of rotatable bonds is 8. The fourth-order valence-corrected chi connectivity index (χ4v) is 3.99. The Morgan fingerprint density at radius 3 is 2.73 bits per heavy atom. The van der Waals surface area contributed by atoms with E-state index in [-0.39, 0.29) is 17.6 Å². The molecule has 166 valence electrons. The predicted molar refractivity (Wildman–Crippen MR) is 123 cm³/mol. The van der Waals surface area contributed by atoms with Crippen LogP contribution in [0.15, 0.2) is 53.2 Å². The molecular weight excluding hydrogens is 376 g/mol. The summed E-state index contributed by atoms with van der Waals surface area (Å²) >= 11 is 0. The van der Waals surface area contributed by atoms with Crippen molar-refractivity contribution in [2.24, 2.45) is 16.6 Å². The van der Waals surface area contributed by atoms with E-state index in [2.05, 4.69) is 65.8 Å². The summed E-state index contributed by atoms with van der Waals surface area (Å²) in [6, 6.07) is 0.469. The number of hydrogen-bond acceptors (Lipinski definition) is 6. The van der Waals surface area contributed by atoms with Crippen LogP contribution in [-0.4, -0.2) is 60.5 Å². The molecule has 0 amide bonds. The number of allylic oxidation sites excluding steroid dienone is 2. The van der Waals surface area contributed by atoms with Crippen LogP contribution in [0.5, 0.6) is 0 Å². The smallest absolute Gasteiger partial charge is 0.130 e. The minimum Gasteiger partial charge on any atom is -0.492 e. The highest BCUT2D eigenvalue weighted by atomic mass is 16.5. The topological polar surface area (TPSA) is 78.1 Å². The Balaban J connectivity index is 1.73. The highest BCUT2D eigenvalue weighted by Gasteiger charge is 2.41. The minimum atomic E-state index is 0.0101. The van der Waals surface area contributed by atoms with Gasteiger partial charge in [0.05, 0.1) is 18.1 Å². The largest absolute Gasteiger partial charge is 0.492 e. The number of nitrogens with zero attached hydrogens (tertiary/aromatic N) is 3. The first-order valence-corrected chi connectivity index (χ1v) is 10.9. The zero-order valence-corrected chi connectivity index (χ0v) is 18.9. The van der Waals surface area contributed by atoms with E-state index in [0.29, 0.717) is 6.04 Å². The van der Waals surface area contributed by atoms with Gasteiger partial charge in [-0.2, -0.15) is 0 Å². The molecule has 7 heteroatoms. The van der Waals surface area contributed by atoms with E-state index in [1.54, 1.807) is 0 Å². The average Bonchev–Trinajstić information content (AvgIpc) is 3.33. The van der Waals surface area contributed by atoms with Gasteiger partial charge >= 0.3 is 0 Å². The molecule has 1 saturated carbocycles. The summed E-state index contributed by atoms with van der Waals surface area (Å²) in [6.07, 6.45) is 8.50. The van der Waals surface area contributed by atoms with Gasteiger partial charge < -0.3 is 25.7 Å². The quantitative estimate of drug-likeness (QED) is 0.245. The number of ether oxygens (including phenoxy) is 1. The van der Waals surface area contributed by atoms with E-state index < -0.39 is 0 Å². The maximum Gasteiger partial charge on any atom is 0.130 e. The van der Waals surface area contributed by atoms with Gasteiger partial charge in [0.25, 0.3) is 0 Å². The Morgan fingerprint density at radius 2 is 2.13 bits per heavy atom. The van der Waals surface area contributed by atoms with Gasteiger partial charge in [0.2, 0.25) is 0 Å². The predicted octanol–water partition coefficient (Wildman–Crippen LogP) is 2.48. The summed E-state index contributed by atoms with van der Waals surface area (Å²) in [5.74, 6) is 2.02. The molecule has 2 saturated heterocycles. The standard InChI is InChI=1S/C23H38N6O/c1-7-19(30-23(5)8-9-23)13-20-18(4)26-27-22(20)16(2)12-21(25-15-24)29-11-10-28(6)17(3)14-29/h7,12,15,17,20,22,26-27H,2,4,8-11,13-14H2,1,3,5-6H3,(H2,24,25)/b19-7+,21-12+/t17-,20+,22+/m1/s1. The summed E-state index contributed by atoms with van der Waals surface area (Å²) < 4.78 is 6.24. The second-order valence-corrected chi connectivity index (χ2v) is 9.02. The third-order valence-corrected chi connectivity index (χ3v) is 6.52. The van der Waals surface area contributed by atoms with Crippen molar-refractivity contribution in [1.82, 2.24) is 20.7 Å². The number of hydrazine groups is 1. The van der Waals surface area contributed by atoms with Gasteiger partial charge in [-0.05, 0) is 58.4 Å². The van der Waals surface area contributed by atoms with Crippen LogP contribution in [0.4, 0.5) is 0 Å². The molecule has 0 spiro atoms. The molecule has 0 radical (unpaired) electrons. The fourth-order valence-electron chi connectivity index (χ4n) is 3.99. The lowest BCUT2D eigenvalue weighted by atomic mass is 9.89. The van der Waals surface area contributed by atoms with Crippen molar-refractivity contribution >= 4 is 6.34 Å². The zero-order chi connectivity index (χ0) is 21.9. The summed E-state index contributed by atoms with van der Waals surface area (Å²) in [7, 11) is 2.16. The molecule has 2 heterocycles. The van der Waals surface area contributed by atoms with Crippen molar-refractivity contribution in [3.63, 3.8) is 0 Å². The van der Waals surface area contributed by atoms with E-state index in [4.69, 9.17) is 10.5 Å². The highest BCUT2D eigenvalue weighted by Crippen LogP contribution is 2.42. The Bertz CT molecular complexity index is 751. The third-order valence-electron chi connectivity index (χ3n) is 6.52. The second-order valence-electron chi connectivity index (χ2n) is 9.02. The first kappa shape index (κ1) is 22.4. The van der Waals surface area contributed by atoms with Crippen LogP contribution in [0.25, 0.3) is 0 Å². The highest BCUT2D eigenvalue weighted by molar-refractivity contribution is 5.53. The molecule has 3 aliphatic rings. The molecular formula is C23H38N6O. The van der Waals surface area contributed by atoms with Crippen LogP contribution in [0, 0.1) is 5.92 Å². The summed E-state index contributed by atoms with van der Waals surface area (Å²) in [5.41, 5.74) is 14.1. The molecule has 4 N–H and O–H groups in total. The fraction of sp³-hybridized carbons (Fsp3) is 0.609.